The molecule has 1 atom stereocenters. The van der Waals surface area contributed by atoms with Crippen molar-refractivity contribution in [2.24, 2.45) is 5.92 Å². The van der Waals surface area contributed by atoms with Gasteiger partial charge in [0.2, 0.25) is 5.91 Å². The van der Waals surface area contributed by atoms with Gasteiger partial charge in [-0.15, -0.1) is 0 Å². The van der Waals surface area contributed by atoms with Gasteiger partial charge in [-0.1, -0.05) is 12.1 Å². The van der Waals surface area contributed by atoms with Crippen molar-refractivity contribution in [3.05, 3.63) is 48.3 Å². The molecular formula is C19H21FN2O3. The predicted molar refractivity (Wildman–Crippen MR) is 93.7 cm³/mol. The Bertz CT molecular complexity index is 745. The number of carbonyl (C=O) groups excluding carboxylic acids is 1. The third-order valence-corrected chi connectivity index (χ3v) is 4.16. The van der Waals surface area contributed by atoms with Crippen molar-refractivity contribution in [1.29, 1.82) is 0 Å². The van der Waals surface area contributed by atoms with E-state index in [4.69, 9.17) is 9.47 Å². The number of amides is 1. The SMILES string of the molecule is COc1ccccc1Oc1ccc(NC(=O)C2CCCNC2)cc1F. The molecule has 1 amide bonds. The number of para-hydroxylation sites is 2. The van der Waals surface area contributed by atoms with Crippen LogP contribution >= 0.6 is 0 Å². The first-order chi connectivity index (χ1) is 12.2. The number of methoxy groups -OCH3 is 1. The minimum atomic E-state index is -0.550. The van der Waals surface area contributed by atoms with Crippen LogP contribution in [0.1, 0.15) is 12.8 Å². The normalized spacial score (nSPS) is 17.0. The average molecular weight is 344 g/mol. The predicted octanol–water partition coefficient (Wildman–Crippen LogP) is 3.56. The van der Waals surface area contributed by atoms with E-state index in [9.17, 15) is 9.18 Å². The molecule has 1 heterocycles. The lowest BCUT2D eigenvalue weighted by Crippen LogP contribution is -2.37. The summed E-state index contributed by atoms with van der Waals surface area (Å²) in [5.74, 6) is 0.289. The minimum absolute atomic E-state index is 0.0711. The number of hydrogen-bond acceptors (Lipinski definition) is 4. The topological polar surface area (TPSA) is 59.6 Å². The highest BCUT2D eigenvalue weighted by molar-refractivity contribution is 5.92. The van der Waals surface area contributed by atoms with Crippen molar-refractivity contribution in [2.75, 3.05) is 25.5 Å². The zero-order chi connectivity index (χ0) is 17.6. The summed E-state index contributed by atoms with van der Waals surface area (Å²) in [5.41, 5.74) is 0.417. The minimum Gasteiger partial charge on any atom is -0.493 e. The highest BCUT2D eigenvalue weighted by atomic mass is 19.1. The van der Waals surface area contributed by atoms with Gasteiger partial charge in [-0.3, -0.25) is 4.79 Å². The number of hydrogen-bond donors (Lipinski definition) is 2. The van der Waals surface area contributed by atoms with Gasteiger partial charge in [0.25, 0.3) is 0 Å². The summed E-state index contributed by atoms with van der Waals surface area (Å²) < 4.78 is 25.1. The Kier molecular flexibility index (Phi) is 5.50. The molecule has 3 rings (SSSR count). The molecule has 0 saturated carbocycles. The molecular weight excluding hydrogens is 323 g/mol. The van der Waals surface area contributed by atoms with E-state index in [1.807, 2.05) is 0 Å². The Morgan fingerprint density at radius 1 is 1.20 bits per heavy atom. The molecule has 2 aromatic carbocycles. The molecule has 2 N–H and O–H groups in total. The molecule has 0 bridgehead atoms. The number of carbonyl (C=O) groups is 1. The molecule has 0 aromatic heterocycles. The average Bonchev–Trinajstić information content (AvgIpc) is 2.65. The maximum atomic E-state index is 14.3. The second-order valence-corrected chi connectivity index (χ2v) is 5.93. The lowest BCUT2D eigenvalue weighted by atomic mass is 9.99. The number of anilines is 1. The standard InChI is InChI=1S/C19H21FN2O3/c1-24-17-6-2-3-7-18(17)25-16-9-8-14(11-15(16)20)22-19(23)13-5-4-10-21-12-13/h2-3,6-9,11,13,21H,4-5,10,12H2,1H3,(H,22,23). The maximum Gasteiger partial charge on any atom is 0.228 e. The van der Waals surface area contributed by atoms with Crippen LogP contribution in [0.3, 0.4) is 0 Å². The summed E-state index contributed by atoms with van der Waals surface area (Å²) in [5, 5.41) is 5.96. The van der Waals surface area contributed by atoms with Crippen LogP contribution in [0, 0.1) is 11.7 Å². The Hall–Kier alpha value is -2.60. The van der Waals surface area contributed by atoms with Gasteiger partial charge in [0.15, 0.2) is 23.1 Å². The molecule has 1 saturated heterocycles. The molecule has 6 heteroatoms. The fourth-order valence-corrected chi connectivity index (χ4v) is 2.80. The van der Waals surface area contributed by atoms with Crippen molar-refractivity contribution >= 4 is 11.6 Å². The molecule has 1 unspecified atom stereocenters. The molecule has 1 aliphatic heterocycles. The number of piperidine rings is 1. The molecule has 1 aliphatic rings. The monoisotopic (exact) mass is 344 g/mol. The molecule has 2 aromatic rings. The Morgan fingerprint density at radius 2 is 2.00 bits per heavy atom. The van der Waals surface area contributed by atoms with E-state index >= 15 is 0 Å². The Labute approximate surface area is 146 Å². The summed E-state index contributed by atoms with van der Waals surface area (Å²) in [6.45, 7) is 1.59. The molecule has 132 valence electrons. The van der Waals surface area contributed by atoms with Crippen LogP contribution in [0.15, 0.2) is 42.5 Å². The quantitative estimate of drug-likeness (QED) is 0.871. The zero-order valence-electron chi connectivity index (χ0n) is 14.0. The van der Waals surface area contributed by atoms with Crippen molar-refractivity contribution in [2.45, 2.75) is 12.8 Å². The largest absolute Gasteiger partial charge is 0.493 e. The number of rotatable bonds is 5. The molecule has 1 fully saturated rings. The summed E-state index contributed by atoms with van der Waals surface area (Å²) >= 11 is 0. The van der Waals surface area contributed by atoms with Crippen LogP contribution in [0.5, 0.6) is 17.2 Å². The summed E-state index contributed by atoms with van der Waals surface area (Å²) in [7, 11) is 1.53. The van der Waals surface area contributed by atoms with Gasteiger partial charge in [-0.2, -0.15) is 0 Å². The molecule has 0 aliphatic carbocycles. The van der Waals surface area contributed by atoms with Crippen molar-refractivity contribution in [1.82, 2.24) is 5.32 Å². The second-order valence-electron chi connectivity index (χ2n) is 5.93. The third kappa shape index (κ3) is 4.28. The number of halogens is 1. The number of benzene rings is 2. The second kappa shape index (κ2) is 7.98. The van der Waals surface area contributed by atoms with Crippen molar-refractivity contribution in [3.63, 3.8) is 0 Å². The Morgan fingerprint density at radius 3 is 2.68 bits per heavy atom. The van der Waals surface area contributed by atoms with E-state index in [1.54, 1.807) is 30.3 Å². The van der Waals surface area contributed by atoms with E-state index < -0.39 is 5.82 Å². The highest BCUT2D eigenvalue weighted by Crippen LogP contribution is 2.33. The highest BCUT2D eigenvalue weighted by Gasteiger charge is 2.21. The van der Waals surface area contributed by atoms with Crippen LogP contribution < -0.4 is 20.1 Å². The number of nitrogens with one attached hydrogen (secondary N) is 2. The van der Waals surface area contributed by atoms with Gasteiger partial charge < -0.3 is 20.1 Å². The van der Waals surface area contributed by atoms with Gasteiger partial charge in [-0.05, 0) is 43.7 Å². The third-order valence-electron chi connectivity index (χ3n) is 4.16. The fraction of sp³-hybridized carbons (Fsp3) is 0.316. The van der Waals surface area contributed by atoms with Gasteiger partial charge in [-0.25, -0.2) is 4.39 Å². The van der Waals surface area contributed by atoms with E-state index in [0.717, 1.165) is 19.4 Å². The first-order valence-electron chi connectivity index (χ1n) is 8.29. The molecule has 25 heavy (non-hydrogen) atoms. The van der Waals surface area contributed by atoms with Crippen LogP contribution in [0.2, 0.25) is 0 Å². The van der Waals surface area contributed by atoms with Crippen molar-refractivity contribution in [3.8, 4) is 17.2 Å². The van der Waals surface area contributed by atoms with E-state index in [0.29, 0.717) is 23.7 Å². The van der Waals surface area contributed by atoms with Crippen LogP contribution in [0.25, 0.3) is 0 Å². The van der Waals surface area contributed by atoms with Crippen LogP contribution in [-0.2, 0) is 4.79 Å². The molecule has 0 spiro atoms. The first kappa shape index (κ1) is 17.2. The molecule has 0 radical (unpaired) electrons. The first-order valence-corrected chi connectivity index (χ1v) is 8.29. The van der Waals surface area contributed by atoms with Crippen molar-refractivity contribution < 1.29 is 18.7 Å². The Balaban J connectivity index is 1.69. The summed E-state index contributed by atoms with van der Waals surface area (Å²) in [6, 6.07) is 11.4. The van der Waals surface area contributed by atoms with Crippen LogP contribution in [0.4, 0.5) is 10.1 Å². The lowest BCUT2D eigenvalue weighted by Gasteiger charge is -2.22. The van der Waals surface area contributed by atoms with E-state index in [2.05, 4.69) is 10.6 Å². The van der Waals surface area contributed by atoms with Gasteiger partial charge in [0.05, 0.1) is 13.0 Å². The zero-order valence-corrected chi connectivity index (χ0v) is 14.0. The summed E-state index contributed by atoms with van der Waals surface area (Å²) in [4.78, 5) is 12.2. The summed E-state index contributed by atoms with van der Waals surface area (Å²) in [6.07, 6.45) is 1.81. The maximum absolute atomic E-state index is 14.3. The van der Waals surface area contributed by atoms with E-state index in [1.165, 1.54) is 19.2 Å². The lowest BCUT2D eigenvalue weighted by molar-refractivity contribution is -0.120. The molecule has 5 nitrogen and oxygen atoms in total. The number of ether oxygens (including phenoxy) is 2. The van der Waals surface area contributed by atoms with Gasteiger partial charge in [0.1, 0.15) is 0 Å². The van der Waals surface area contributed by atoms with E-state index in [-0.39, 0.29) is 17.6 Å². The smallest absolute Gasteiger partial charge is 0.228 e. The van der Waals surface area contributed by atoms with Crippen LogP contribution in [-0.4, -0.2) is 26.1 Å². The van der Waals surface area contributed by atoms with Gasteiger partial charge in [0, 0.05) is 18.3 Å². The fourth-order valence-electron chi connectivity index (χ4n) is 2.80. The van der Waals surface area contributed by atoms with Gasteiger partial charge >= 0.3 is 0 Å².